The van der Waals surface area contributed by atoms with Crippen LogP contribution in [0.25, 0.3) is 0 Å². The minimum atomic E-state index is 0.619. The smallest absolute Gasteiger partial charge is 0.166 e. The topological polar surface area (TPSA) is 43.0 Å². The second kappa shape index (κ2) is 11.6. The van der Waals surface area contributed by atoms with Crippen molar-refractivity contribution in [2.45, 2.75) is 25.4 Å². The maximum absolute atomic E-state index is 5.53. The lowest BCUT2D eigenvalue weighted by Crippen LogP contribution is -2.58. The van der Waals surface area contributed by atoms with Crippen LogP contribution in [0.3, 0.4) is 0 Å². The number of fused-ring (bicyclic) bond motifs is 3. The van der Waals surface area contributed by atoms with E-state index in [1.54, 1.807) is 0 Å². The first-order chi connectivity index (χ1) is 15.2. The van der Waals surface area contributed by atoms with Crippen molar-refractivity contribution < 1.29 is 4.74 Å². The molecule has 2 bridgehead atoms. The molecule has 1 aromatic carbocycles. The molecule has 0 saturated carbocycles. The van der Waals surface area contributed by atoms with Gasteiger partial charge in [0.1, 0.15) is 0 Å². The number of hydrogen-bond acceptors (Lipinski definition) is 5. The molecule has 4 saturated heterocycles. The fourth-order valence-corrected chi connectivity index (χ4v) is 5.64. The van der Waals surface area contributed by atoms with Crippen LogP contribution >= 0.6 is 12.2 Å². The summed E-state index contributed by atoms with van der Waals surface area (Å²) in [5.41, 5.74) is 1.41. The van der Waals surface area contributed by atoms with E-state index in [-0.39, 0.29) is 0 Å². The van der Waals surface area contributed by atoms with Crippen LogP contribution in [0.5, 0.6) is 0 Å². The number of benzene rings is 1. The van der Waals surface area contributed by atoms with Crippen molar-refractivity contribution in [2.24, 2.45) is 11.8 Å². The van der Waals surface area contributed by atoms with E-state index >= 15 is 0 Å². The molecule has 0 amide bonds. The van der Waals surface area contributed by atoms with Crippen LogP contribution in [0.2, 0.25) is 0 Å². The summed E-state index contributed by atoms with van der Waals surface area (Å²) in [6, 6.07) is 11.4. The van der Waals surface area contributed by atoms with E-state index in [0.29, 0.717) is 6.04 Å². The Morgan fingerprint density at radius 2 is 1.97 bits per heavy atom. The van der Waals surface area contributed by atoms with E-state index < -0.39 is 0 Å². The first kappa shape index (κ1) is 22.9. The van der Waals surface area contributed by atoms with E-state index in [2.05, 4.69) is 62.7 Å². The summed E-state index contributed by atoms with van der Waals surface area (Å²) >= 11 is 5.53. The standard InChI is InChI=1S/C24H39N5OS/c1-27(17-20-5-3-2-4-6-20)18-22-19-29-9-7-21(22)15-23(29)16-26-24(31)25-8-10-28-11-13-30-14-12-28/h2-6,21-23H,7-19H2,1H3,(H2,25,26,31). The van der Waals surface area contributed by atoms with Crippen molar-refractivity contribution in [1.82, 2.24) is 25.3 Å². The number of hydrogen-bond donors (Lipinski definition) is 2. The zero-order valence-electron chi connectivity index (χ0n) is 19.0. The van der Waals surface area contributed by atoms with Crippen molar-refractivity contribution in [1.29, 1.82) is 0 Å². The quantitative estimate of drug-likeness (QED) is 0.560. The third kappa shape index (κ3) is 6.86. The Morgan fingerprint density at radius 1 is 1.16 bits per heavy atom. The summed E-state index contributed by atoms with van der Waals surface area (Å²) in [6.07, 6.45) is 2.65. The highest BCUT2D eigenvalue weighted by Gasteiger charge is 2.40. The summed E-state index contributed by atoms with van der Waals surface area (Å²) in [6.45, 7) is 11.4. The number of rotatable bonds is 9. The van der Waals surface area contributed by atoms with Crippen LogP contribution in [0, 0.1) is 11.8 Å². The SMILES string of the molecule is CN(Cc1ccccc1)CC1CN2CCC1CC2CNC(=S)NCCN1CCOCC1. The van der Waals surface area contributed by atoms with Crippen LogP contribution in [0.4, 0.5) is 0 Å². The van der Waals surface area contributed by atoms with Crippen molar-refractivity contribution in [3.8, 4) is 0 Å². The van der Waals surface area contributed by atoms with E-state index in [4.69, 9.17) is 17.0 Å². The number of piperidine rings is 3. The molecule has 7 heteroatoms. The number of ether oxygens (including phenoxy) is 1. The first-order valence-corrected chi connectivity index (χ1v) is 12.4. The molecule has 4 aliphatic rings. The second-order valence-corrected chi connectivity index (χ2v) is 9.87. The summed E-state index contributed by atoms with van der Waals surface area (Å²) in [5.74, 6) is 1.63. The first-order valence-electron chi connectivity index (χ1n) is 12.0. The van der Waals surface area contributed by atoms with Gasteiger partial charge in [-0.1, -0.05) is 30.3 Å². The predicted octanol–water partition coefficient (Wildman–Crippen LogP) is 1.63. The lowest BCUT2D eigenvalue weighted by molar-refractivity contribution is -0.00851. The average molecular weight is 446 g/mol. The van der Waals surface area contributed by atoms with Gasteiger partial charge in [-0.2, -0.15) is 0 Å². The normalized spacial score (nSPS) is 28.6. The van der Waals surface area contributed by atoms with Gasteiger partial charge in [0, 0.05) is 58.4 Å². The Labute approximate surface area is 193 Å². The maximum Gasteiger partial charge on any atom is 0.166 e. The Bertz CT molecular complexity index is 684. The Kier molecular flexibility index (Phi) is 8.55. The molecular weight excluding hydrogens is 406 g/mol. The summed E-state index contributed by atoms with van der Waals surface area (Å²) in [7, 11) is 2.27. The van der Waals surface area contributed by atoms with Crippen molar-refractivity contribution in [3.63, 3.8) is 0 Å². The minimum Gasteiger partial charge on any atom is -0.379 e. The lowest BCUT2D eigenvalue weighted by Gasteiger charge is -2.50. The number of nitrogens with one attached hydrogen (secondary N) is 2. The largest absolute Gasteiger partial charge is 0.379 e. The van der Waals surface area contributed by atoms with Crippen molar-refractivity contribution >= 4 is 17.3 Å². The van der Waals surface area contributed by atoms with Gasteiger partial charge in [-0.25, -0.2) is 0 Å². The molecule has 6 nitrogen and oxygen atoms in total. The zero-order chi connectivity index (χ0) is 21.5. The predicted molar refractivity (Wildman–Crippen MR) is 130 cm³/mol. The summed E-state index contributed by atoms with van der Waals surface area (Å²) in [5, 5.41) is 7.67. The lowest BCUT2D eigenvalue weighted by atomic mass is 9.75. The Hall–Kier alpha value is -1.25. The molecule has 5 rings (SSSR count). The van der Waals surface area contributed by atoms with E-state index in [1.807, 2.05) is 0 Å². The van der Waals surface area contributed by atoms with Crippen LogP contribution in [0.15, 0.2) is 30.3 Å². The number of nitrogens with zero attached hydrogens (tertiary/aromatic N) is 3. The van der Waals surface area contributed by atoms with Gasteiger partial charge in [-0.05, 0) is 56.1 Å². The highest BCUT2D eigenvalue weighted by atomic mass is 32.1. The molecule has 1 aromatic rings. The summed E-state index contributed by atoms with van der Waals surface area (Å²) in [4.78, 5) is 7.63. The fraction of sp³-hybridized carbons (Fsp3) is 0.708. The molecule has 0 radical (unpaired) electrons. The average Bonchev–Trinajstić information content (AvgIpc) is 2.80. The van der Waals surface area contributed by atoms with Gasteiger partial charge in [0.2, 0.25) is 0 Å². The van der Waals surface area contributed by atoms with E-state index in [9.17, 15) is 0 Å². The van der Waals surface area contributed by atoms with Gasteiger partial charge in [-0.15, -0.1) is 0 Å². The van der Waals surface area contributed by atoms with Crippen LogP contribution in [-0.4, -0.2) is 98.5 Å². The second-order valence-electron chi connectivity index (χ2n) is 9.47. The molecular formula is C24H39N5OS. The van der Waals surface area contributed by atoms with Gasteiger partial charge >= 0.3 is 0 Å². The van der Waals surface area contributed by atoms with Crippen molar-refractivity contribution in [3.05, 3.63) is 35.9 Å². The molecule has 4 unspecified atom stereocenters. The zero-order valence-corrected chi connectivity index (χ0v) is 19.8. The number of morpholine rings is 1. The molecule has 4 fully saturated rings. The molecule has 31 heavy (non-hydrogen) atoms. The van der Waals surface area contributed by atoms with E-state index in [0.717, 1.165) is 69.4 Å². The van der Waals surface area contributed by atoms with Gasteiger partial charge in [-0.3, -0.25) is 9.80 Å². The molecule has 4 heterocycles. The van der Waals surface area contributed by atoms with Crippen LogP contribution < -0.4 is 10.6 Å². The van der Waals surface area contributed by atoms with Crippen LogP contribution in [0.1, 0.15) is 18.4 Å². The monoisotopic (exact) mass is 445 g/mol. The third-order valence-electron chi connectivity index (χ3n) is 7.17. The minimum absolute atomic E-state index is 0.619. The molecule has 172 valence electrons. The summed E-state index contributed by atoms with van der Waals surface area (Å²) < 4.78 is 5.40. The Morgan fingerprint density at radius 3 is 2.71 bits per heavy atom. The fourth-order valence-electron chi connectivity index (χ4n) is 5.45. The molecule has 0 spiro atoms. The highest BCUT2D eigenvalue weighted by molar-refractivity contribution is 7.80. The van der Waals surface area contributed by atoms with Gasteiger partial charge < -0.3 is 20.3 Å². The molecule has 0 aromatic heterocycles. The van der Waals surface area contributed by atoms with Gasteiger partial charge in [0.15, 0.2) is 5.11 Å². The molecule has 2 N–H and O–H groups in total. The molecule has 0 aliphatic carbocycles. The third-order valence-corrected chi connectivity index (χ3v) is 7.46. The maximum atomic E-state index is 5.53. The Balaban J connectivity index is 1.14. The van der Waals surface area contributed by atoms with Crippen LogP contribution in [-0.2, 0) is 11.3 Å². The number of thiocarbonyl (C=S) groups is 1. The molecule has 4 aliphatic heterocycles. The molecule has 4 atom stereocenters. The van der Waals surface area contributed by atoms with Crippen molar-refractivity contribution in [2.75, 3.05) is 72.6 Å². The van der Waals surface area contributed by atoms with Gasteiger partial charge in [0.25, 0.3) is 0 Å². The highest BCUT2D eigenvalue weighted by Crippen LogP contribution is 2.36. The van der Waals surface area contributed by atoms with Gasteiger partial charge in [0.05, 0.1) is 13.2 Å². The van der Waals surface area contributed by atoms with E-state index in [1.165, 1.54) is 38.0 Å².